The number of halogens is 1. The average molecular weight is 289 g/mol. The first-order chi connectivity index (χ1) is 9.47. The SMILES string of the molecule is CC(C)c1ccc(Sc2ccc(F)cc2C(C)N)cc1. The maximum Gasteiger partial charge on any atom is 0.123 e. The zero-order valence-corrected chi connectivity index (χ0v) is 12.9. The third-order valence-corrected chi connectivity index (χ3v) is 4.34. The maximum atomic E-state index is 13.3. The van der Waals surface area contributed by atoms with E-state index in [-0.39, 0.29) is 11.9 Å². The van der Waals surface area contributed by atoms with Crippen LogP contribution in [0, 0.1) is 5.82 Å². The Morgan fingerprint density at radius 2 is 1.65 bits per heavy atom. The van der Waals surface area contributed by atoms with Gasteiger partial charge in [-0.1, -0.05) is 37.7 Å². The zero-order valence-electron chi connectivity index (χ0n) is 12.1. The van der Waals surface area contributed by atoms with E-state index in [4.69, 9.17) is 5.73 Å². The normalized spacial score (nSPS) is 12.7. The van der Waals surface area contributed by atoms with Gasteiger partial charge in [0.2, 0.25) is 0 Å². The van der Waals surface area contributed by atoms with Crippen LogP contribution >= 0.6 is 11.8 Å². The minimum atomic E-state index is -0.239. The summed E-state index contributed by atoms with van der Waals surface area (Å²) in [6, 6.07) is 13.1. The first-order valence-corrected chi connectivity index (χ1v) is 7.62. The summed E-state index contributed by atoms with van der Waals surface area (Å²) in [6.45, 7) is 6.23. The van der Waals surface area contributed by atoms with Gasteiger partial charge in [0.05, 0.1) is 0 Å². The van der Waals surface area contributed by atoms with Crippen molar-refractivity contribution in [2.24, 2.45) is 5.73 Å². The van der Waals surface area contributed by atoms with Crippen LogP contribution in [0.4, 0.5) is 4.39 Å². The van der Waals surface area contributed by atoms with Crippen LogP contribution in [-0.2, 0) is 0 Å². The minimum Gasteiger partial charge on any atom is -0.324 e. The third-order valence-electron chi connectivity index (χ3n) is 3.24. The molecule has 0 saturated heterocycles. The first kappa shape index (κ1) is 15.1. The molecule has 0 aromatic heterocycles. The Labute approximate surface area is 124 Å². The molecule has 0 fully saturated rings. The number of rotatable bonds is 4. The van der Waals surface area contributed by atoms with Gasteiger partial charge in [0.15, 0.2) is 0 Å². The molecule has 0 aliphatic carbocycles. The Morgan fingerprint density at radius 1 is 1.00 bits per heavy atom. The molecule has 0 amide bonds. The predicted octanol–water partition coefficient (Wildman–Crippen LogP) is 5.12. The second kappa shape index (κ2) is 6.42. The van der Waals surface area contributed by atoms with Crippen LogP contribution in [-0.4, -0.2) is 0 Å². The molecule has 0 radical (unpaired) electrons. The monoisotopic (exact) mass is 289 g/mol. The summed E-state index contributed by atoms with van der Waals surface area (Å²) < 4.78 is 13.3. The van der Waals surface area contributed by atoms with Crippen molar-refractivity contribution in [3.05, 3.63) is 59.4 Å². The van der Waals surface area contributed by atoms with Gasteiger partial charge in [-0.05, 0) is 54.3 Å². The van der Waals surface area contributed by atoms with E-state index in [1.54, 1.807) is 17.8 Å². The largest absolute Gasteiger partial charge is 0.324 e. The number of benzene rings is 2. The van der Waals surface area contributed by atoms with Crippen molar-refractivity contribution in [1.29, 1.82) is 0 Å². The molecule has 1 nitrogen and oxygen atoms in total. The number of hydrogen-bond donors (Lipinski definition) is 1. The second-order valence-electron chi connectivity index (χ2n) is 5.30. The highest BCUT2D eigenvalue weighted by molar-refractivity contribution is 7.99. The van der Waals surface area contributed by atoms with Crippen molar-refractivity contribution in [2.45, 2.75) is 42.5 Å². The summed E-state index contributed by atoms with van der Waals surface area (Å²) in [7, 11) is 0. The van der Waals surface area contributed by atoms with Gasteiger partial charge in [-0.2, -0.15) is 0 Å². The quantitative estimate of drug-likeness (QED) is 0.845. The summed E-state index contributed by atoms with van der Waals surface area (Å²) in [5.41, 5.74) is 8.09. The van der Waals surface area contributed by atoms with Crippen molar-refractivity contribution in [3.63, 3.8) is 0 Å². The van der Waals surface area contributed by atoms with Crippen molar-refractivity contribution >= 4 is 11.8 Å². The van der Waals surface area contributed by atoms with Gasteiger partial charge in [-0.3, -0.25) is 0 Å². The van der Waals surface area contributed by atoms with E-state index in [0.29, 0.717) is 5.92 Å². The lowest BCUT2D eigenvalue weighted by atomic mass is 10.0. The minimum absolute atomic E-state index is 0.178. The highest BCUT2D eigenvalue weighted by Crippen LogP contribution is 2.33. The second-order valence-corrected chi connectivity index (χ2v) is 6.41. The number of hydrogen-bond acceptors (Lipinski definition) is 2. The molecule has 2 N–H and O–H groups in total. The molecule has 0 aliphatic rings. The van der Waals surface area contributed by atoms with Crippen molar-refractivity contribution in [3.8, 4) is 0 Å². The molecule has 0 saturated carbocycles. The molecule has 2 aromatic carbocycles. The van der Waals surface area contributed by atoms with Crippen LogP contribution in [0.25, 0.3) is 0 Å². The Hall–Kier alpha value is -1.32. The Balaban J connectivity index is 2.25. The molecule has 0 spiro atoms. The van der Waals surface area contributed by atoms with Gasteiger partial charge in [0.1, 0.15) is 5.82 Å². The fourth-order valence-corrected chi connectivity index (χ4v) is 3.04. The van der Waals surface area contributed by atoms with Crippen molar-refractivity contribution in [2.75, 3.05) is 0 Å². The third kappa shape index (κ3) is 3.62. The molecule has 0 heterocycles. The van der Waals surface area contributed by atoms with E-state index in [9.17, 15) is 4.39 Å². The van der Waals surface area contributed by atoms with Crippen molar-refractivity contribution in [1.82, 2.24) is 0 Å². The Kier molecular flexibility index (Phi) is 4.84. The van der Waals surface area contributed by atoms with E-state index in [1.807, 2.05) is 6.92 Å². The van der Waals surface area contributed by atoms with E-state index < -0.39 is 0 Å². The lowest BCUT2D eigenvalue weighted by Gasteiger charge is -2.13. The van der Waals surface area contributed by atoms with Crippen LogP contribution in [0.1, 0.15) is 43.9 Å². The van der Waals surface area contributed by atoms with E-state index in [2.05, 4.69) is 38.1 Å². The van der Waals surface area contributed by atoms with Crippen LogP contribution in [0.5, 0.6) is 0 Å². The van der Waals surface area contributed by atoms with Gasteiger partial charge in [-0.25, -0.2) is 4.39 Å². The smallest absolute Gasteiger partial charge is 0.123 e. The highest BCUT2D eigenvalue weighted by Gasteiger charge is 2.10. The van der Waals surface area contributed by atoms with E-state index >= 15 is 0 Å². The maximum absolute atomic E-state index is 13.3. The van der Waals surface area contributed by atoms with Gasteiger partial charge in [0.25, 0.3) is 0 Å². The molecular formula is C17H20FNS. The summed E-state index contributed by atoms with van der Waals surface area (Å²) in [5, 5.41) is 0. The predicted molar refractivity (Wildman–Crippen MR) is 83.7 cm³/mol. The van der Waals surface area contributed by atoms with Gasteiger partial charge < -0.3 is 5.73 Å². The lowest BCUT2D eigenvalue weighted by Crippen LogP contribution is -2.06. The standard InChI is InChI=1S/C17H20FNS/c1-11(2)13-4-7-15(8-5-13)20-17-9-6-14(18)10-16(17)12(3)19/h4-12H,19H2,1-3H3. The average Bonchev–Trinajstić information content (AvgIpc) is 2.41. The molecule has 0 aliphatic heterocycles. The molecule has 20 heavy (non-hydrogen) atoms. The van der Waals surface area contributed by atoms with Crippen LogP contribution < -0.4 is 5.73 Å². The van der Waals surface area contributed by atoms with Gasteiger partial charge in [0, 0.05) is 15.8 Å². The fraction of sp³-hybridized carbons (Fsp3) is 0.294. The molecule has 0 bridgehead atoms. The lowest BCUT2D eigenvalue weighted by molar-refractivity contribution is 0.619. The van der Waals surface area contributed by atoms with E-state index in [0.717, 1.165) is 15.4 Å². The Morgan fingerprint density at radius 3 is 2.20 bits per heavy atom. The molecule has 1 unspecified atom stereocenters. The van der Waals surface area contributed by atoms with E-state index in [1.165, 1.54) is 17.7 Å². The molecule has 3 heteroatoms. The topological polar surface area (TPSA) is 26.0 Å². The summed E-state index contributed by atoms with van der Waals surface area (Å²) in [4.78, 5) is 2.15. The van der Waals surface area contributed by atoms with Crippen LogP contribution in [0.3, 0.4) is 0 Å². The Bertz CT molecular complexity index is 576. The van der Waals surface area contributed by atoms with Gasteiger partial charge >= 0.3 is 0 Å². The molecule has 2 aromatic rings. The summed E-state index contributed by atoms with van der Waals surface area (Å²) >= 11 is 1.63. The first-order valence-electron chi connectivity index (χ1n) is 6.80. The number of nitrogens with two attached hydrogens (primary N) is 1. The molecule has 2 rings (SSSR count). The zero-order chi connectivity index (χ0) is 14.7. The molecular weight excluding hydrogens is 269 g/mol. The van der Waals surface area contributed by atoms with Crippen LogP contribution in [0.2, 0.25) is 0 Å². The fourth-order valence-electron chi connectivity index (χ4n) is 2.02. The summed E-state index contributed by atoms with van der Waals surface area (Å²) in [6.07, 6.45) is 0. The summed E-state index contributed by atoms with van der Waals surface area (Å²) in [5.74, 6) is 0.288. The molecule has 1 atom stereocenters. The van der Waals surface area contributed by atoms with Crippen molar-refractivity contribution < 1.29 is 4.39 Å². The highest BCUT2D eigenvalue weighted by atomic mass is 32.2. The van der Waals surface area contributed by atoms with Gasteiger partial charge in [-0.15, -0.1) is 0 Å². The van der Waals surface area contributed by atoms with Crippen LogP contribution in [0.15, 0.2) is 52.3 Å². The molecule has 106 valence electrons.